The molecule has 1 amide bonds. The summed E-state index contributed by atoms with van der Waals surface area (Å²) in [5, 5.41) is 12.9. The number of halogens is 1. The van der Waals surface area contributed by atoms with Crippen LogP contribution in [0.4, 0.5) is 10.2 Å². The molecule has 27 heavy (non-hydrogen) atoms. The van der Waals surface area contributed by atoms with Crippen LogP contribution in [0.2, 0.25) is 0 Å². The molecule has 0 aliphatic carbocycles. The molecule has 1 aromatic heterocycles. The summed E-state index contributed by atoms with van der Waals surface area (Å²) in [6.07, 6.45) is 1.47. The molecule has 1 aliphatic rings. The Morgan fingerprint density at radius 1 is 1.22 bits per heavy atom. The summed E-state index contributed by atoms with van der Waals surface area (Å²) in [4.78, 5) is 21.3. The molecule has 0 saturated carbocycles. The molecule has 0 radical (unpaired) electrons. The summed E-state index contributed by atoms with van der Waals surface area (Å²) >= 11 is 0. The molecule has 1 aromatic carbocycles. The number of rotatable bonds is 5. The van der Waals surface area contributed by atoms with Crippen molar-refractivity contribution >= 4 is 11.7 Å². The van der Waals surface area contributed by atoms with E-state index in [1.165, 1.54) is 24.3 Å². The van der Waals surface area contributed by atoms with Gasteiger partial charge in [0.2, 0.25) is 0 Å². The van der Waals surface area contributed by atoms with Gasteiger partial charge in [0.15, 0.2) is 6.10 Å². The van der Waals surface area contributed by atoms with Gasteiger partial charge in [0, 0.05) is 37.9 Å². The summed E-state index contributed by atoms with van der Waals surface area (Å²) in [5.41, 5.74) is 1.26. The van der Waals surface area contributed by atoms with E-state index in [9.17, 15) is 14.3 Å². The van der Waals surface area contributed by atoms with Crippen molar-refractivity contribution < 1.29 is 14.3 Å². The lowest BCUT2D eigenvalue weighted by molar-refractivity contribution is -0.129. The highest BCUT2D eigenvalue weighted by molar-refractivity contribution is 5.82. The van der Waals surface area contributed by atoms with Gasteiger partial charge in [-0.25, -0.2) is 9.37 Å². The monoisotopic (exact) mass is 372 g/mol. The Morgan fingerprint density at radius 3 is 2.78 bits per heavy atom. The molecule has 0 unspecified atom stereocenters. The maximum absolute atomic E-state index is 13.0. The van der Waals surface area contributed by atoms with E-state index in [1.54, 1.807) is 6.20 Å². The number of likely N-dealkylation sites (N-methyl/N-ethyl adjacent to an activating group) is 1. The smallest absolute Gasteiger partial charge is 0.253 e. The van der Waals surface area contributed by atoms with E-state index < -0.39 is 17.8 Å². The molecule has 0 bridgehead atoms. The predicted octanol–water partition coefficient (Wildman–Crippen LogP) is 1.71. The average Bonchev–Trinajstić information content (AvgIpc) is 2.91. The summed E-state index contributed by atoms with van der Waals surface area (Å²) in [6.45, 7) is 4.09. The molecule has 1 aliphatic heterocycles. The Kier molecular flexibility index (Phi) is 6.36. The van der Waals surface area contributed by atoms with Gasteiger partial charge in [0.25, 0.3) is 5.91 Å². The highest BCUT2D eigenvalue weighted by Gasteiger charge is 2.20. The standard InChI is InChI=1S/C20H25FN4O2/c1-24-10-3-11-25(13-12-24)19-16(4-2-9-22-19)14-23-20(27)18(26)15-5-7-17(21)8-6-15/h2,4-9,18,26H,3,10-14H2,1H3,(H,23,27)/t18-/m0/s1. The van der Waals surface area contributed by atoms with Gasteiger partial charge in [-0.15, -0.1) is 0 Å². The summed E-state index contributed by atoms with van der Waals surface area (Å²) < 4.78 is 13.0. The summed E-state index contributed by atoms with van der Waals surface area (Å²) in [7, 11) is 2.11. The Hall–Kier alpha value is -2.51. The molecular weight excluding hydrogens is 347 g/mol. The summed E-state index contributed by atoms with van der Waals surface area (Å²) in [5.74, 6) is -0.0640. The average molecular weight is 372 g/mol. The molecule has 2 N–H and O–H groups in total. The van der Waals surface area contributed by atoms with Gasteiger partial charge >= 0.3 is 0 Å². The largest absolute Gasteiger partial charge is 0.378 e. The Balaban J connectivity index is 1.65. The zero-order valence-corrected chi connectivity index (χ0v) is 15.4. The van der Waals surface area contributed by atoms with Gasteiger partial charge in [-0.05, 0) is 43.8 Å². The zero-order chi connectivity index (χ0) is 19.2. The van der Waals surface area contributed by atoms with Crippen LogP contribution in [0.3, 0.4) is 0 Å². The number of hydrogen-bond acceptors (Lipinski definition) is 5. The van der Waals surface area contributed by atoms with Gasteiger partial charge in [0.05, 0.1) is 0 Å². The van der Waals surface area contributed by atoms with E-state index in [0.717, 1.165) is 44.0 Å². The molecule has 1 saturated heterocycles. The first-order valence-corrected chi connectivity index (χ1v) is 9.13. The molecular formula is C20H25FN4O2. The predicted molar refractivity (Wildman–Crippen MR) is 102 cm³/mol. The van der Waals surface area contributed by atoms with Crippen molar-refractivity contribution in [3.05, 3.63) is 59.5 Å². The minimum absolute atomic E-state index is 0.270. The number of carbonyl (C=O) groups excluding carboxylic acids is 1. The molecule has 7 heteroatoms. The number of nitrogens with one attached hydrogen (secondary N) is 1. The van der Waals surface area contributed by atoms with Crippen molar-refractivity contribution in [2.45, 2.75) is 19.1 Å². The van der Waals surface area contributed by atoms with Crippen molar-refractivity contribution in [2.75, 3.05) is 38.1 Å². The van der Waals surface area contributed by atoms with Crippen LogP contribution in [-0.4, -0.2) is 54.1 Å². The molecule has 1 atom stereocenters. The number of aliphatic hydroxyl groups excluding tert-OH is 1. The zero-order valence-electron chi connectivity index (χ0n) is 15.4. The first-order chi connectivity index (χ1) is 13.0. The van der Waals surface area contributed by atoms with Crippen molar-refractivity contribution in [1.29, 1.82) is 0 Å². The molecule has 0 spiro atoms. The third kappa shape index (κ3) is 5.02. The van der Waals surface area contributed by atoms with Crippen LogP contribution < -0.4 is 10.2 Å². The minimum atomic E-state index is -1.34. The van der Waals surface area contributed by atoms with Gasteiger partial charge in [-0.1, -0.05) is 18.2 Å². The van der Waals surface area contributed by atoms with Crippen molar-refractivity contribution in [2.24, 2.45) is 0 Å². The third-order valence-corrected chi connectivity index (χ3v) is 4.77. The number of aliphatic hydroxyl groups is 1. The molecule has 1 fully saturated rings. The van der Waals surface area contributed by atoms with E-state index in [4.69, 9.17) is 0 Å². The van der Waals surface area contributed by atoms with E-state index >= 15 is 0 Å². The van der Waals surface area contributed by atoms with Crippen LogP contribution in [-0.2, 0) is 11.3 Å². The van der Waals surface area contributed by atoms with Gasteiger partial charge in [-0.2, -0.15) is 0 Å². The Morgan fingerprint density at radius 2 is 2.00 bits per heavy atom. The van der Waals surface area contributed by atoms with Gasteiger partial charge in [0.1, 0.15) is 11.6 Å². The van der Waals surface area contributed by atoms with Crippen LogP contribution in [0.15, 0.2) is 42.6 Å². The highest BCUT2D eigenvalue weighted by atomic mass is 19.1. The number of anilines is 1. The van der Waals surface area contributed by atoms with Crippen molar-refractivity contribution in [3.8, 4) is 0 Å². The van der Waals surface area contributed by atoms with Crippen LogP contribution in [0.1, 0.15) is 23.7 Å². The first-order valence-electron chi connectivity index (χ1n) is 9.13. The fourth-order valence-corrected chi connectivity index (χ4v) is 3.19. The lowest BCUT2D eigenvalue weighted by atomic mass is 10.1. The highest BCUT2D eigenvalue weighted by Crippen LogP contribution is 2.20. The second-order valence-electron chi connectivity index (χ2n) is 6.80. The number of carbonyl (C=O) groups is 1. The Bertz CT molecular complexity index is 769. The fourth-order valence-electron chi connectivity index (χ4n) is 3.19. The van der Waals surface area contributed by atoms with E-state index in [2.05, 4.69) is 27.1 Å². The van der Waals surface area contributed by atoms with Crippen LogP contribution in [0, 0.1) is 5.82 Å². The first kappa shape index (κ1) is 19.3. The fraction of sp³-hybridized carbons (Fsp3) is 0.400. The molecule has 2 heterocycles. The number of benzene rings is 1. The SMILES string of the molecule is CN1CCCN(c2ncccc2CNC(=O)[C@@H](O)c2ccc(F)cc2)CC1. The number of pyridine rings is 1. The van der Waals surface area contributed by atoms with Gasteiger partial charge < -0.3 is 20.2 Å². The molecule has 2 aromatic rings. The van der Waals surface area contributed by atoms with Crippen LogP contribution >= 0.6 is 0 Å². The molecule has 3 rings (SSSR count). The quantitative estimate of drug-likeness (QED) is 0.836. The summed E-state index contributed by atoms with van der Waals surface area (Å²) in [6, 6.07) is 9.03. The van der Waals surface area contributed by atoms with E-state index in [1.807, 2.05) is 12.1 Å². The van der Waals surface area contributed by atoms with E-state index in [-0.39, 0.29) is 6.54 Å². The maximum atomic E-state index is 13.0. The lowest BCUT2D eigenvalue weighted by Crippen LogP contribution is -2.32. The topological polar surface area (TPSA) is 68.7 Å². The third-order valence-electron chi connectivity index (χ3n) is 4.77. The maximum Gasteiger partial charge on any atom is 0.253 e. The molecule has 144 valence electrons. The molecule has 6 nitrogen and oxygen atoms in total. The van der Waals surface area contributed by atoms with E-state index in [0.29, 0.717) is 5.56 Å². The van der Waals surface area contributed by atoms with Crippen molar-refractivity contribution in [3.63, 3.8) is 0 Å². The lowest BCUT2D eigenvalue weighted by Gasteiger charge is -2.24. The number of hydrogen-bond donors (Lipinski definition) is 2. The second kappa shape index (κ2) is 8.92. The second-order valence-corrected chi connectivity index (χ2v) is 6.80. The van der Waals surface area contributed by atoms with Crippen molar-refractivity contribution in [1.82, 2.24) is 15.2 Å². The number of aromatic nitrogens is 1. The minimum Gasteiger partial charge on any atom is -0.378 e. The number of amides is 1. The van der Waals surface area contributed by atoms with Crippen LogP contribution in [0.25, 0.3) is 0 Å². The van der Waals surface area contributed by atoms with Gasteiger partial charge in [-0.3, -0.25) is 4.79 Å². The van der Waals surface area contributed by atoms with Crippen LogP contribution in [0.5, 0.6) is 0 Å². The normalized spacial score (nSPS) is 16.6. The number of nitrogens with zero attached hydrogens (tertiary/aromatic N) is 3. The Labute approximate surface area is 158 Å².